The van der Waals surface area contributed by atoms with E-state index in [0.29, 0.717) is 0 Å². The largest absolute Gasteiger partial charge is 0.379 e. The van der Waals surface area contributed by atoms with Gasteiger partial charge in [-0.1, -0.05) is 0 Å². The standard InChI is InChI=1S/C4H9NO.ClH2N/c1-3-6-4-2-5-1;1-2/h5H,1-4H2;2H2. The maximum Gasteiger partial charge on any atom is 0.0591 e. The Kier molecular flexibility index (Phi) is 7.32. The molecule has 3 nitrogen and oxygen atoms in total. The summed E-state index contributed by atoms with van der Waals surface area (Å²) < 4.78 is 5.01. The molecule has 1 aliphatic heterocycles. The summed E-state index contributed by atoms with van der Waals surface area (Å²) in [4.78, 5) is 0. The third-order valence-electron chi connectivity index (χ3n) is 0.846. The molecule has 1 fully saturated rings. The lowest BCUT2D eigenvalue weighted by Gasteiger charge is -2.10. The minimum Gasteiger partial charge on any atom is -0.379 e. The van der Waals surface area contributed by atoms with Crippen molar-refractivity contribution < 1.29 is 4.74 Å². The first-order chi connectivity index (χ1) is 4.00. The molecule has 4 heteroatoms. The molecule has 0 atom stereocenters. The summed E-state index contributed by atoms with van der Waals surface area (Å²) in [6.45, 7) is 3.83. The molecule has 0 spiro atoms. The van der Waals surface area contributed by atoms with Gasteiger partial charge >= 0.3 is 0 Å². The van der Waals surface area contributed by atoms with Gasteiger partial charge in [0.2, 0.25) is 0 Å². The molecular formula is C4H11ClN2O. The summed E-state index contributed by atoms with van der Waals surface area (Å²) in [5.74, 6) is 0. The van der Waals surface area contributed by atoms with Gasteiger partial charge in [0.1, 0.15) is 0 Å². The Morgan fingerprint density at radius 2 is 1.75 bits per heavy atom. The number of hydrogen-bond donors (Lipinski definition) is 2. The zero-order chi connectivity index (χ0) is 6.24. The van der Waals surface area contributed by atoms with E-state index in [4.69, 9.17) is 4.74 Å². The van der Waals surface area contributed by atoms with Gasteiger partial charge in [0.15, 0.2) is 0 Å². The fourth-order valence-corrected chi connectivity index (χ4v) is 0.516. The molecule has 8 heavy (non-hydrogen) atoms. The van der Waals surface area contributed by atoms with Crippen molar-refractivity contribution in [3.63, 3.8) is 0 Å². The average molecular weight is 139 g/mol. The van der Waals surface area contributed by atoms with Crippen molar-refractivity contribution in [2.45, 2.75) is 0 Å². The predicted octanol–water partition coefficient (Wildman–Crippen LogP) is -0.295. The van der Waals surface area contributed by atoms with Crippen LogP contribution < -0.4 is 10.6 Å². The van der Waals surface area contributed by atoms with Gasteiger partial charge in [-0.2, -0.15) is 0 Å². The number of morpholine rings is 1. The zero-order valence-corrected chi connectivity index (χ0v) is 5.45. The van der Waals surface area contributed by atoms with Gasteiger partial charge in [-0.3, -0.25) is 0 Å². The molecule has 1 aliphatic rings. The van der Waals surface area contributed by atoms with Crippen molar-refractivity contribution in [2.75, 3.05) is 26.3 Å². The second-order valence-corrected chi connectivity index (χ2v) is 1.36. The van der Waals surface area contributed by atoms with Crippen LogP contribution in [0.5, 0.6) is 0 Å². The fraction of sp³-hybridized carbons (Fsp3) is 1.00. The summed E-state index contributed by atoms with van der Waals surface area (Å²) in [6, 6.07) is 0. The Bertz CT molecular complexity index is 29.5. The molecule has 0 unspecified atom stereocenters. The predicted molar refractivity (Wildman–Crippen MR) is 33.7 cm³/mol. The van der Waals surface area contributed by atoms with Gasteiger partial charge < -0.3 is 10.1 Å². The summed E-state index contributed by atoms with van der Waals surface area (Å²) in [7, 11) is 0. The highest BCUT2D eigenvalue weighted by molar-refractivity contribution is 6.11. The first kappa shape index (κ1) is 8.17. The summed E-state index contributed by atoms with van der Waals surface area (Å²) >= 11 is 4.14. The van der Waals surface area contributed by atoms with E-state index in [1.807, 2.05) is 0 Å². The molecule has 0 aliphatic carbocycles. The van der Waals surface area contributed by atoms with Crippen LogP contribution >= 0.6 is 11.8 Å². The molecule has 50 valence electrons. The molecule has 1 saturated heterocycles. The number of nitrogens with one attached hydrogen (secondary N) is 1. The van der Waals surface area contributed by atoms with E-state index in [0.717, 1.165) is 26.3 Å². The quantitative estimate of drug-likeness (QED) is 0.452. The third kappa shape index (κ3) is 4.33. The maximum absolute atomic E-state index is 5.01. The molecule has 0 aromatic heterocycles. The van der Waals surface area contributed by atoms with Gasteiger partial charge in [-0.05, 0) is 11.8 Å². The van der Waals surface area contributed by atoms with Gasteiger partial charge in [-0.25, -0.2) is 5.25 Å². The van der Waals surface area contributed by atoms with Gasteiger partial charge in [0.05, 0.1) is 13.2 Å². The monoisotopic (exact) mass is 138 g/mol. The molecule has 1 rings (SSSR count). The summed E-state index contributed by atoms with van der Waals surface area (Å²) in [5, 5.41) is 7.13. The van der Waals surface area contributed by atoms with Gasteiger partial charge in [-0.15, -0.1) is 0 Å². The van der Waals surface area contributed by atoms with Crippen molar-refractivity contribution in [2.24, 2.45) is 5.25 Å². The highest BCUT2D eigenvalue weighted by atomic mass is 35.5. The lowest BCUT2D eigenvalue weighted by atomic mass is 10.5. The van der Waals surface area contributed by atoms with E-state index in [-0.39, 0.29) is 0 Å². The fourth-order valence-electron chi connectivity index (χ4n) is 0.516. The number of ether oxygens (including phenoxy) is 1. The van der Waals surface area contributed by atoms with Crippen molar-refractivity contribution in [3.05, 3.63) is 0 Å². The van der Waals surface area contributed by atoms with E-state index in [1.54, 1.807) is 0 Å². The molecule has 3 N–H and O–H groups in total. The lowest BCUT2D eigenvalue weighted by molar-refractivity contribution is 0.109. The van der Waals surface area contributed by atoms with Crippen LogP contribution in [0.15, 0.2) is 0 Å². The second-order valence-electron chi connectivity index (χ2n) is 1.36. The second kappa shape index (κ2) is 7.17. The molecular weight excluding hydrogens is 128 g/mol. The van der Waals surface area contributed by atoms with Crippen LogP contribution in [-0.4, -0.2) is 26.3 Å². The normalized spacial score (nSPS) is 18.8. The Morgan fingerprint density at radius 3 is 1.88 bits per heavy atom. The van der Waals surface area contributed by atoms with Crippen molar-refractivity contribution in [1.29, 1.82) is 0 Å². The van der Waals surface area contributed by atoms with E-state index in [9.17, 15) is 0 Å². The van der Waals surface area contributed by atoms with E-state index >= 15 is 0 Å². The van der Waals surface area contributed by atoms with Crippen LogP contribution in [0.1, 0.15) is 0 Å². The average Bonchev–Trinajstić information content (AvgIpc) is 1.96. The van der Waals surface area contributed by atoms with E-state index in [2.05, 4.69) is 22.3 Å². The van der Waals surface area contributed by atoms with Crippen molar-refractivity contribution >= 4 is 11.8 Å². The van der Waals surface area contributed by atoms with Crippen LogP contribution in [-0.2, 0) is 4.74 Å². The van der Waals surface area contributed by atoms with Crippen LogP contribution in [0.3, 0.4) is 0 Å². The van der Waals surface area contributed by atoms with E-state index in [1.165, 1.54) is 0 Å². The Labute approximate surface area is 54.3 Å². The summed E-state index contributed by atoms with van der Waals surface area (Å²) in [6.07, 6.45) is 0. The molecule has 0 aromatic rings. The first-order valence-electron chi connectivity index (χ1n) is 2.50. The van der Waals surface area contributed by atoms with Crippen LogP contribution in [0.4, 0.5) is 0 Å². The summed E-state index contributed by atoms with van der Waals surface area (Å²) in [5.41, 5.74) is 0. The Hall–Kier alpha value is 0.170. The van der Waals surface area contributed by atoms with E-state index < -0.39 is 0 Å². The highest BCUT2D eigenvalue weighted by Gasteiger charge is 1.92. The number of halogens is 1. The third-order valence-corrected chi connectivity index (χ3v) is 0.846. The van der Waals surface area contributed by atoms with Crippen molar-refractivity contribution in [1.82, 2.24) is 5.32 Å². The maximum atomic E-state index is 5.01. The molecule has 0 bridgehead atoms. The molecule has 0 aromatic carbocycles. The molecule has 0 amide bonds. The Balaban J connectivity index is 0.000000222. The molecule has 0 radical (unpaired) electrons. The van der Waals surface area contributed by atoms with Crippen LogP contribution in [0, 0.1) is 0 Å². The highest BCUT2D eigenvalue weighted by Crippen LogP contribution is 1.76. The van der Waals surface area contributed by atoms with Crippen LogP contribution in [0.2, 0.25) is 0 Å². The molecule has 0 saturated carbocycles. The Morgan fingerprint density at radius 1 is 1.25 bits per heavy atom. The SMILES string of the molecule is C1COCCN1.NCl. The van der Waals surface area contributed by atoms with Gasteiger partial charge in [0.25, 0.3) is 0 Å². The minimum atomic E-state index is 0.889. The number of hydrogen-bond acceptors (Lipinski definition) is 3. The number of rotatable bonds is 0. The van der Waals surface area contributed by atoms with Gasteiger partial charge in [0, 0.05) is 13.1 Å². The zero-order valence-electron chi connectivity index (χ0n) is 4.69. The minimum absolute atomic E-state index is 0.889. The molecule has 1 heterocycles. The smallest absolute Gasteiger partial charge is 0.0591 e. The lowest BCUT2D eigenvalue weighted by Crippen LogP contribution is -2.30. The number of nitrogens with two attached hydrogens (primary N) is 1. The van der Waals surface area contributed by atoms with Crippen molar-refractivity contribution in [3.8, 4) is 0 Å². The van der Waals surface area contributed by atoms with Crippen LogP contribution in [0.25, 0.3) is 0 Å². The first-order valence-corrected chi connectivity index (χ1v) is 2.94. The topological polar surface area (TPSA) is 47.3 Å².